The van der Waals surface area contributed by atoms with E-state index in [0.717, 1.165) is 35.1 Å². The molecule has 0 saturated heterocycles. The van der Waals surface area contributed by atoms with Gasteiger partial charge in [0.25, 0.3) is 0 Å². The van der Waals surface area contributed by atoms with Gasteiger partial charge in [-0.1, -0.05) is 36.4 Å². The Morgan fingerprint density at radius 1 is 1.16 bits per heavy atom. The number of H-pyrrole nitrogens is 1. The molecule has 2 aromatic carbocycles. The van der Waals surface area contributed by atoms with Crippen molar-refractivity contribution in [3.63, 3.8) is 0 Å². The van der Waals surface area contributed by atoms with E-state index in [0.29, 0.717) is 12.2 Å². The Morgan fingerprint density at radius 2 is 1.96 bits per heavy atom. The van der Waals surface area contributed by atoms with Gasteiger partial charge >= 0.3 is 5.97 Å². The molecule has 3 aromatic rings. The van der Waals surface area contributed by atoms with E-state index in [9.17, 15) is 4.79 Å². The summed E-state index contributed by atoms with van der Waals surface area (Å²) >= 11 is 0. The zero-order valence-electron chi connectivity index (χ0n) is 14.6. The van der Waals surface area contributed by atoms with Crippen LogP contribution in [0.1, 0.15) is 28.4 Å². The van der Waals surface area contributed by atoms with Crippen LogP contribution in [0.15, 0.2) is 54.7 Å². The predicted molar refractivity (Wildman–Crippen MR) is 99.8 cm³/mol. The summed E-state index contributed by atoms with van der Waals surface area (Å²) in [5.41, 5.74) is 4.75. The number of aromatic amines is 1. The van der Waals surface area contributed by atoms with Gasteiger partial charge in [-0.3, -0.25) is 0 Å². The minimum Gasteiger partial charge on any atom is -0.462 e. The number of esters is 1. The Morgan fingerprint density at radius 3 is 2.72 bits per heavy atom. The monoisotopic (exact) mass is 335 g/mol. The fraction of sp³-hybridized carbons (Fsp3) is 0.238. The molecular weight excluding hydrogens is 312 g/mol. The lowest BCUT2D eigenvalue weighted by Crippen LogP contribution is -2.17. The zero-order chi connectivity index (χ0) is 17.6. The Labute approximate surface area is 147 Å². The molecule has 0 aliphatic rings. The molecular formula is C21H23N2O2+. The molecule has 0 unspecified atom stereocenters. The van der Waals surface area contributed by atoms with Gasteiger partial charge in [0, 0.05) is 12.6 Å². The largest absolute Gasteiger partial charge is 0.462 e. The van der Waals surface area contributed by atoms with Crippen LogP contribution in [-0.2, 0) is 11.2 Å². The highest BCUT2D eigenvalue weighted by atomic mass is 16.5. The second-order valence-electron chi connectivity index (χ2n) is 6.01. The van der Waals surface area contributed by atoms with Crippen LogP contribution >= 0.6 is 0 Å². The first-order valence-corrected chi connectivity index (χ1v) is 8.59. The second-order valence-corrected chi connectivity index (χ2v) is 6.01. The summed E-state index contributed by atoms with van der Waals surface area (Å²) in [6.45, 7) is 4.96. The highest BCUT2D eigenvalue weighted by Gasteiger charge is 2.20. The number of hydrogen-bond donors (Lipinski definition) is 1. The van der Waals surface area contributed by atoms with Gasteiger partial charge in [-0.05, 0) is 37.5 Å². The molecule has 0 bridgehead atoms. The Hall–Kier alpha value is -2.88. The number of aromatic nitrogens is 1. The first-order valence-electron chi connectivity index (χ1n) is 8.59. The van der Waals surface area contributed by atoms with Crippen molar-refractivity contribution in [1.29, 1.82) is 0 Å². The molecule has 3 rings (SSSR count). The maximum atomic E-state index is 12.3. The number of pyridine rings is 1. The van der Waals surface area contributed by atoms with E-state index in [-0.39, 0.29) is 5.97 Å². The van der Waals surface area contributed by atoms with E-state index in [2.05, 4.69) is 34.6 Å². The number of hydrogen-bond acceptors (Lipinski definition) is 3. The highest BCUT2D eigenvalue weighted by molar-refractivity contribution is 6.03. The minimum atomic E-state index is -0.315. The van der Waals surface area contributed by atoms with Crippen molar-refractivity contribution in [2.45, 2.75) is 20.3 Å². The van der Waals surface area contributed by atoms with Crippen LogP contribution in [0.25, 0.3) is 10.9 Å². The number of aryl methyl sites for hydroxylation is 1. The average Bonchev–Trinajstić information content (AvgIpc) is 2.63. The maximum absolute atomic E-state index is 12.3. The predicted octanol–water partition coefficient (Wildman–Crippen LogP) is 3.79. The first-order chi connectivity index (χ1) is 12.2. The molecule has 4 heteroatoms. The summed E-state index contributed by atoms with van der Waals surface area (Å²) in [5, 5.41) is 4.45. The summed E-state index contributed by atoms with van der Waals surface area (Å²) in [6.07, 6.45) is 2.61. The molecule has 0 spiro atoms. The topological polar surface area (TPSA) is 52.5 Å². The summed E-state index contributed by atoms with van der Waals surface area (Å²) < 4.78 is 5.21. The number of carbonyl (C=O) groups is 1. The van der Waals surface area contributed by atoms with Gasteiger partial charge in [0.05, 0.1) is 17.7 Å². The third-order valence-electron chi connectivity index (χ3n) is 4.14. The highest BCUT2D eigenvalue weighted by Crippen LogP contribution is 2.26. The van der Waals surface area contributed by atoms with E-state index in [1.54, 1.807) is 6.20 Å². The molecule has 128 valence electrons. The molecule has 0 amide bonds. The van der Waals surface area contributed by atoms with E-state index < -0.39 is 0 Å². The second kappa shape index (κ2) is 7.79. The Kier molecular flexibility index (Phi) is 5.29. The van der Waals surface area contributed by atoms with Crippen LogP contribution in [0.4, 0.5) is 5.69 Å². The number of carbonyl (C=O) groups excluding carboxylic acids is 1. The van der Waals surface area contributed by atoms with E-state index in [1.165, 1.54) is 5.56 Å². The van der Waals surface area contributed by atoms with Crippen molar-refractivity contribution >= 4 is 22.6 Å². The van der Waals surface area contributed by atoms with Crippen LogP contribution in [0.2, 0.25) is 0 Å². The lowest BCUT2D eigenvalue weighted by molar-refractivity contribution is -0.344. The van der Waals surface area contributed by atoms with Crippen molar-refractivity contribution in [3.8, 4) is 0 Å². The fourth-order valence-electron chi connectivity index (χ4n) is 2.89. The number of fused-ring (bicyclic) bond motifs is 1. The van der Waals surface area contributed by atoms with E-state index in [4.69, 9.17) is 4.74 Å². The fourth-order valence-corrected chi connectivity index (χ4v) is 2.89. The lowest BCUT2D eigenvalue weighted by Gasteiger charge is -2.12. The van der Waals surface area contributed by atoms with E-state index >= 15 is 0 Å². The summed E-state index contributed by atoms with van der Waals surface area (Å²) in [6, 6.07) is 16.5. The SMILES string of the molecule is CCOC(=O)c1c[nH+]c2ccc(C)cc2c1NCCc1ccccc1. The molecule has 0 aliphatic heterocycles. The van der Waals surface area contributed by atoms with Gasteiger partial charge in [0.2, 0.25) is 5.52 Å². The standard InChI is InChI=1S/C21H22N2O2/c1-3-25-21(24)18-14-23-19-10-9-15(2)13-17(19)20(18)22-12-11-16-7-5-4-6-8-16/h4-10,13-14H,3,11-12H2,1-2H3,(H,22,23)/p+1. The normalized spacial score (nSPS) is 10.6. The van der Waals surface area contributed by atoms with Crippen LogP contribution in [0.5, 0.6) is 0 Å². The molecule has 4 nitrogen and oxygen atoms in total. The number of rotatable bonds is 6. The van der Waals surface area contributed by atoms with Crippen molar-refractivity contribution < 1.29 is 14.5 Å². The van der Waals surface area contributed by atoms with Gasteiger partial charge < -0.3 is 10.1 Å². The molecule has 0 aliphatic carbocycles. The smallest absolute Gasteiger partial charge is 0.346 e. The van der Waals surface area contributed by atoms with Gasteiger partial charge in [-0.15, -0.1) is 0 Å². The van der Waals surface area contributed by atoms with Crippen LogP contribution in [-0.4, -0.2) is 19.1 Å². The quantitative estimate of drug-likeness (QED) is 0.697. The number of benzene rings is 2. The Balaban J connectivity index is 1.92. The number of nitrogens with one attached hydrogen (secondary N) is 2. The minimum absolute atomic E-state index is 0.315. The third kappa shape index (κ3) is 3.97. The first kappa shape index (κ1) is 17.0. The van der Waals surface area contributed by atoms with Crippen LogP contribution < -0.4 is 10.3 Å². The summed E-state index contributed by atoms with van der Waals surface area (Å²) in [5.74, 6) is -0.315. The lowest BCUT2D eigenvalue weighted by atomic mass is 10.1. The van der Waals surface area contributed by atoms with Crippen molar-refractivity contribution in [2.24, 2.45) is 0 Å². The van der Waals surface area contributed by atoms with Gasteiger partial charge in [-0.25, -0.2) is 9.78 Å². The van der Waals surface area contributed by atoms with Crippen LogP contribution in [0.3, 0.4) is 0 Å². The molecule has 2 N–H and O–H groups in total. The third-order valence-corrected chi connectivity index (χ3v) is 4.14. The number of ether oxygens (including phenoxy) is 1. The molecule has 1 aromatic heterocycles. The Bertz CT molecular complexity index is 876. The van der Waals surface area contributed by atoms with Crippen LogP contribution in [0, 0.1) is 6.92 Å². The molecule has 1 heterocycles. The molecule has 0 saturated carbocycles. The molecule has 0 radical (unpaired) electrons. The maximum Gasteiger partial charge on any atom is 0.346 e. The van der Waals surface area contributed by atoms with E-state index in [1.807, 2.05) is 38.1 Å². The van der Waals surface area contributed by atoms with Crippen molar-refractivity contribution in [1.82, 2.24) is 0 Å². The van der Waals surface area contributed by atoms with Gasteiger partial charge in [0.15, 0.2) is 6.20 Å². The molecule has 0 atom stereocenters. The number of anilines is 1. The summed E-state index contributed by atoms with van der Waals surface area (Å²) in [7, 11) is 0. The van der Waals surface area contributed by atoms with Crippen molar-refractivity contribution in [3.05, 3.63) is 71.4 Å². The molecule has 0 fully saturated rings. The van der Waals surface area contributed by atoms with Crippen molar-refractivity contribution in [2.75, 3.05) is 18.5 Å². The summed E-state index contributed by atoms with van der Waals surface area (Å²) in [4.78, 5) is 15.5. The average molecular weight is 335 g/mol. The zero-order valence-corrected chi connectivity index (χ0v) is 14.6. The van der Waals surface area contributed by atoms with Gasteiger partial charge in [0.1, 0.15) is 5.56 Å². The molecule has 25 heavy (non-hydrogen) atoms. The van der Waals surface area contributed by atoms with Gasteiger partial charge in [-0.2, -0.15) is 0 Å².